The first-order valence-electron chi connectivity index (χ1n) is 6.78. The molecule has 100 valence electrons. The highest BCUT2D eigenvalue weighted by atomic mass is 79.9. The lowest BCUT2D eigenvalue weighted by atomic mass is 9.89. The summed E-state index contributed by atoms with van der Waals surface area (Å²) in [5.41, 5.74) is 1.27. The Labute approximate surface area is 118 Å². The molecule has 1 fully saturated rings. The highest BCUT2D eigenvalue weighted by Crippen LogP contribution is 2.31. The minimum absolute atomic E-state index is 0.396. The summed E-state index contributed by atoms with van der Waals surface area (Å²) in [7, 11) is 1.96. The fourth-order valence-corrected chi connectivity index (χ4v) is 3.00. The van der Waals surface area contributed by atoms with Gasteiger partial charge >= 0.3 is 0 Å². The van der Waals surface area contributed by atoms with Gasteiger partial charge in [0.1, 0.15) is 5.75 Å². The van der Waals surface area contributed by atoms with Crippen LogP contribution in [0.2, 0.25) is 0 Å². The van der Waals surface area contributed by atoms with Crippen molar-refractivity contribution in [1.82, 2.24) is 5.32 Å². The van der Waals surface area contributed by atoms with Crippen LogP contribution in [0.25, 0.3) is 0 Å². The molecule has 0 aliphatic heterocycles. The van der Waals surface area contributed by atoms with E-state index in [9.17, 15) is 0 Å². The van der Waals surface area contributed by atoms with Crippen molar-refractivity contribution in [2.75, 3.05) is 7.05 Å². The van der Waals surface area contributed by atoms with Gasteiger partial charge in [0.2, 0.25) is 0 Å². The standard InChI is InChI=1S/C15H22BrNO/c1-11-3-6-13(7-4-11)18-15-8-5-12(10-17-2)9-14(15)16/h5,8-9,11,13,17H,3-4,6-7,10H2,1-2H3. The summed E-state index contributed by atoms with van der Waals surface area (Å²) in [5.74, 6) is 1.85. The lowest BCUT2D eigenvalue weighted by Gasteiger charge is -2.27. The summed E-state index contributed by atoms with van der Waals surface area (Å²) >= 11 is 3.60. The molecule has 0 saturated heterocycles. The molecular weight excluding hydrogens is 290 g/mol. The molecule has 2 rings (SSSR count). The zero-order valence-corrected chi connectivity index (χ0v) is 12.8. The van der Waals surface area contributed by atoms with Crippen molar-refractivity contribution < 1.29 is 4.74 Å². The summed E-state index contributed by atoms with van der Waals surface area (Å²) in [6, 6.07) is 6.34. The summed E-state index contributed by atoms with van der Waals surface area (Å²) in [4.78, 5) is 0. The second kappa shape index (κ2) is 6.58. The number of rotatable bonds is 4. The van der Waals surface area contributed by atoms with Crippen molar-refractivity contribution >= 4 is 15.9 Å². The second-order valence-electron chi connectivity index (χ2n) is 5.29. The van der Waals surface area contributed by atoms with E-state index in [1.807, 2.05) is 7.05 Å². The van der Waals surface area contributed by atoms with Gasteiger partial charge in [-0.15, -0.1) is 0 Å². The smallest absolute Gasteiger partial charge is 0.133 e. The van der Waals surface area contributed by atoms with Crippen LogP contribution in [-0.2, 0) is 6.54 Å². The van der Waals surface area contributed by atoms with Crippen molar-refractivity contribution in [1.29, 1.82) is 0 Å². The molecule has 0 aromatic heterocycles. The Balaban J connectivity index is 1.96. The van der Waals surface area contributed by atoms with Crippen LogP contribution in [0.3, 0.4) is 0 Å². The zero-order valence-electron chi connectivity index (χ0n) is 11.2. The molecule has 0 bridgehead atoms. The average molecular weight is 312 g/mol. The number of benzene rings is 1. The third kappa shape index (κ3) is 3.72. The Kier molecular flexibility index (Phi) is 5.07. The van der Waals surface area contributed by atoms with Crippen LogP contribution in [0.1, 0.15) is 38.2 Å². The lowest BCUT2D eigenvalue weighted by molar-refractivity contribution is 0.134. The highest BCUT2D eigenvalue weighted by molar-refractivity contribution is 9.10. The maximum atomic E-state index is 6.10. The fourth-order valence-electron chi connectivity index (χ4n) is 2.48. The van der Waals surface area contributed by atoms with E-state index in [1.54, 1.807) is 0 Å². The first kappa shape index (κ1) is 13.9. The van der Waals surface area contributed by atoms with E-state index in [1.165, 1.54) is 31.2 Å². The monoisotopic (exact) mass is 311 g/mol. The first-order valence-corrected chi connectivity index (χ1v) is 7.58. The van der Waals surface area contributed by atoms with Gasteiger partial charge in [0, 0.05) is 6.54 Å². The lowest BCUT2D eigenvalue weighted by Crippen LogP contribution is -2.23. The number of hydrogen-bond donors (Lipinski definition) is 1. The van der Waals surface area contributed by atoms with Gasteiger partial charge in [-0.2, -0.15) is 0 Å². The van der Waals surface area contributed by atoms with Crippen molar-refractivity contribution in [2.45, 2.75) is 45.3 Å². The summed E-state index contributed by atoms with van der Waals surface area (Å²) in [6.45, 7) is 3.22. The maximum Gasteiger partial charge on any atom is 0.133 e. The molecule has 0 unspecified atom stereocenters. The molecule has 1 aliphatic rings. The third-order valence-corrected chi connectivity index (χ3v) is 4.25. The van der Waals surface area contributed by atoms with Gasteiger partial charge in [0.05, 0.1) is 10.6 Å². The van der Waals surface area contributed by atoms with Crippen LogP contribution in [0.4, 0.5) is 0 Å². The Bertz CT molecular complexity index is 386. The first-order chi connectivity index (χ1) is 8.69. The van der Waals surface area contributed by atoms with Gasteiger partial charge in [-0.25, -0.2) is 0 Å². The van der Waals surface area contributed by atoms with Crippen LogP contribution in [0.5, 0.6) is 5.75 Å². The second-order valence-corrected chi connectivity index (χ2v) is 6.15. The quantitative estimate of drug-likeness (QED) is 0.903. The largest absolute Gasteiger partial charge is 0.489 e. The maximum absolute atomic E-state index is 6.10. The van der Waals surface area contributed by atoms with Crippen molar-refractivity contribution in [3.63, 3.8) is 0 Å². The Morgan fingerprint density at radius 1 is 1.28 bits per heavy atom. The number of ether oxygens (including phenoxy) is 1. The van der Waals surface area contributed by atoms with Crippen LogP contribution in [0, 0.1) is 5.92 Å². The Hall–Kier alpha value is -0.540. The van der Waals surface area contributed by atoms with E-state index in [4.69, 9.17) is 4.74 Å². The molecule has 0 atom stereocenters. The molecule has 2 nitrogen and oxygen atoms in total. The van der Waals surface area contributed by atoms with Crippen molar-refractivity contribution in [3.05, 3.63) is 28.2 Å². The Morgan fingerprint density at radius 3 is 2.61 bits per heavy atom. The molecule has 1 aromatic rings. The molecule has 1 aliphatic carbocycles. The van der Waals surface area contributed by atoms with E-state index in [0.717, 1.165) is 22.7 Å². The van der Waals surface area contributed by atoms with Gasteiger partial charge in [0.15, 0.2) is 0 Å². The average Bonchev–Trinajstić information content (AvgIpc) is 2.36. The van der Waals surface area contributed by atoms with E-state index < -0.39 is 0 Å². The summed E-state index contributed by atoms with van der Waals surface area (Å²) < 4.78 is 7.16. The molecule has 1 saturated carbocycles. The van der Waals surface area contributed by atoms with E-state index in [-0.39, 0.29) is 0 Å². The molecular formula is C15H22BrNO. The number of hydrogen-bond acceptors (Lipinski definition) is 2. The van der Waals surface area contributed by atoms with Crippen LogP contribution in [-0.4, -0.2) is 13.2 Å². The molecule has 0 spiro atoms. The molecule has 3 heteroatoms. The van der Waals surface area contributed by atoms with Crippen LogP contribution < -0.4 is 10.1 Å². The van der Waals surface area contributed by atoms with Crippen molar-refractivity contribution in [3.8, 4) is 5.75 Å². The van der Waals surface area contributed by atoms with E-state index >= 15 is 0 Å². The topological polar surface area (TPSA) is 21.3 Å². The van der Waals surface area contributed by atoms with Gasteiger partial charge in [0.25, 0.3) is 0 Å². The molecule has 18 heavy (non-hydrogen) atoms. The predicted molar refractivity (Wildman–Crippen MR) is 79.0 cm³/mol. The molecule has 0 heterocycles. The fraction of sp³-hybridized carbons (Fsp3) is 0.600. The normalized spacial score (nSPS) is 23.9. The highest BCUT2D eigenvalue weighted by Gasteiger charge is 2.20. The summed E-state index contributed by atoms with van der Waals surface area (Å²) in [6.07, 6.45) is 5.35. The SMILES string of the molecule is CNCc1ccc(OC2CCC(C)CC2)c(Br)c1. The molecule has 0 radical (unpaired) electrons. The molecule has 1 N–H and O–H groups in total. The molecule has 1 aromatic carbocycles. The van der Waals surface area contributed by atoms with E-state index in [2.05, 4.69) is 46.4 Å². The number of halogens is 1. The van der Waals surface area contributed by atoms with Gasteiger partial charge in [-0.05, 0) is 72.3 Å². The van der Waals surface area contributed by atoms with Gasteiger partial charge < -0.3 is 10.1 Å². The number of nitrogens with one attached hydrogen (secondary N) is 1. The van der Waals surface area contributed by atoms with Crippen LogP contribution >= 0.6 is 15.9 Å². The molecule has 0 amide bonds. The van der Waals surface area contributed by atoms with Gasteiger partial charge in [-0.3, -0.25) is 0 Å². The predicted octanol–water partition coefficient (Wildman–Crippen LogP) is 4.13. The van der Waals surface area contributed by atoms with E-state index in [0.29, 0.717) is 6.10 Å². The zero-order chi connectivity index (χ0) is 13.0. The van der Waals surface area contributed by atoms with Crippen molar-refractivity contribution in [2.24, 2.45) is 5.92 Å². The third-order valence-electron chi connectivity index (χ3n) is 3.63. The minimum atomic E-state index is 0.396. The van der Waals surface area contributed by atoms with Crippen LogP contribution in [0.15, 0.2) is 22.7 Å². The minimum Gasteiger partial charge on any atom is -0.489 e. The summed E-state index contributed by atoms with van der Waals surface area (Å²) in [5, 5.41) is 3.16. The van der Waals surface area contributed by atoms with Gasteiger partial charge in [-0.1, -0.05) is 13.0 Å². The Morgan fingerprint density at radius 2 is 2.00 bits per heavy atom.